The van der Waals surface area contributed by atoms with Crippen molar-refractivity contribution >= 4 is 0 Å². The van der Waals surface area contributed by atoms with Crippen molar-refractivity contribution in [3.63, 3.8) is 0 Å². The first kappa shape index (κ1) is 11.8. The van der Waals surface area contributed by atoms with E-state index >= 15 is 0 Å². The van der Waals surface area contributed by atoms with Gasteiger partial charge in [0.15, 0.2) is 0 Å². The first-order chi connectivity index (χ1) is 7.42. The van der Waals surface area contributed by atoms with Crippen LogP contribution in [0.4, 0.5) is 0 Å². The van der Waals surface area contributed by atoms with Crippen molar-refractivity contribution in [2.75, 3.05) is 6.61 Å². The Morgan fingerprint density at radius 3 is 2.38 bits per heavy atom. The average molecular weight is 224 g/mol. The monoisotopic (exact) mass is 224 g/mol. The normalized spacial score (nSPS) is 39.6. The van der Waals surface area contributed by atoms with Crippen LogP contribution >= 0.6 is 0 Å². The van der Waals surface area contributed by atoms with E-state index in [0.717, 1.165) is 24.0 Å². The fraction of sp³-hybridized carbons (Fsp3) is 0.692. The quantitative estimate of drug-likeness (QED) is 0.626. The van der Waals surface area contributed by atoms with E-state index < -0.39 is 11.7 Å². The molecule has 2 atom stereocenters. The molecule has 1 spiro atoms. The Morgan fingerprint density at radius 1 is 1.44 bits per heavy atom. The van der Waals surface area contributed by atoms with Crippen molar-refractivity contribution in [1.29, 1.82) is 0 Å². The van der Waals surface area contributed by atoms with Gasteiger partial charge in [0.1, 0.15) is 11.7 Å². The van der Waals surface area contributed by atoms with Crippen molar-refractivity contribution in [1.82, 2.24) is 0 Å². The fourth-order valence-electron chi connectivity index (χ4n) is 3.16. The minimum absolute atomic E-state index is 0.0691. The van der Waals surface area contributed by atoms with Crippen molar-refractivity contribution in [3.05, 3.63) is 22.8 Å². The molecule has 0 bridgehead atoms. The largest absolute Gasteiger partial charge is 0.392 e. The molecule has 3 heteroatoms. The van der Waals surface area contributed by atoms with E-state index in [1.54, 1.807) is 13.0 Å². The van der Waals surface area contributed by atoms with Gasteiger partial charge in [-0.05, 0) is 44.8 Å². The van der Waals surface area contributed by atoms with Gasteiger partial charge < -0.3 is 15.3 Å². The number of aliphatic hydroxyl groups is 3. The lowest BCUT2D eigenvalue weighted by molar-refractivity contribution is -0.0899. The summed E-state index contributed by atoms with van der Waals surface area (Å²) >= 11 is 0. The Balaban J connectivity index is 2.61. The van der Waals surface area contributed by atoms with Crippen LogP contribution in [0.1, 0.15) is 33.6 Å². The molecule has 0 aromatic rings. The molecule has 0 amide bonds. The Bertz CT molecular complexity index is 373. The summed E-state index contributed by atoms with van der Waals surface area (Å²) in [6.07, 6.45) is 2.67. The number of aliphatic hydroxyl groups excluding tert-OH is 2. The predicted molar refractivity (Wildman–Crippen MR) is 61.8 cm³/mol. The van der Waals surface area contributed by atoms with E-state index in [1.807, 2.05) is 13.8 Å². The minimum atomic E-state index is -1.11. The van der Waals surface area contributed by atoms with Crippen LogP contribution in [0.15, 0.2) is 22.8 Å². The third-order valence-corrected chi connectivity index (χ3v) is 4.53. The van der Waals surface area contributed by atoms with Gasteiger partial charge in [0.25, 0.3) is 0 Å². The first-order valence-electron chi connectivity index (χ1n) is 5.80. The van der Waals surface area contributed by atoms with Crippen molar-refractivity contribution in [2.45, 2.75) is 45.3 Å². The van der Waals surface area contributed by atoms with E-state index in [0.29, 0.717) is 5.57 Å². The van der Waals surface area contributed by atoms with Gasteiger partial charge in [0.2, 0.25) is 0 Å². The molecular weight excluding hydrogens is 204 g/mol. The van der Waals surface area contributed by atoms with Crippen LogP contribution in [0, 0.1) is 5.41 Å². The molecule has 2 aliphatic rings. The van der Waals surface area contributed by atoms with Crippen LogP contribution < -0.4 is 0 Å². The van der Waals surface area contributed by atoms with Crippen LogP contribution in [-0.2, 0) is 0 Å². The molecule has 0 heterocycles. The molecule has 3 N–H and O–H groups in total. The van der Waals surface area contributed by atoms with E-state index in [-0.39, 0.29) is 12.0 Å². The van der Waals surface area contributed by atoms with Gasteiger partial charge in [-0.1, -0.05) is 11.6 Å². The molecule has 0 saturated heterocycles. The highest BCUT2D eigenvalue weighted by Crippen LogP contribution is 2.64. The smallest absolute Gasteiger partial charge is 0.108 e. The molecule has 0 aromatic heterocycles. The SMILES string of the molecule is C/C=C1/C(CO)=C(C)C2(CC2)C(C)(O)C1O. The molecule has 90 valence electrons. The van der Waals surface area contributed by atoms with Crippen LogP contribution in [0.25, 0.3) is 0 Å². The van der Waals surface area contributed by atoms with Crippen molar-refractivity contribution < 1.29 is 15.3 Å². The summed E-state index contributed by atoms with van der Waals surface area (Å²) in [5, 5.41) is 30.2. The van der Waals surface area contributed by atoms with Crippen LogP contribution in [0.2, 0.25) is 0 Å². The second-order valence-electron chi connectivity index (χ2n) is 5.14. The zero-order valence-corrected chi connectivity index (χ0v) is 10.1. The molecule has 3 nitrogen and oxygen atoms in total. The highest BCUT2D eigenvalue weighted by Gasteiger charge is 2.63. The lowest BCUT2D eigenvalue weighted by Crippen LogP contribution is -2.52. The average Bonchev–Trinajstić information content (AvgIpc) is 3.03. The summed E-state index contributed by atoms with van der Waals surface area (Å²) in [7, 11) is 0. The van der Waals surface area contributed by atoms with Gasteiger partial charge in [-0.15, -0.1) is 0 Å². The van der Waals surface area contributed by atoms with E-state index in [4.69, 9.17) is 0 Å². The van der Waals surface area contributed by atoms with Gasteiger partial charge in [-0.3, -0.25) is 0 Å². The molecule has 0 aliphatic heterocycles. The van der Waals surface area contributed by atoms with Gasteiger partial charge in [-0.2, -0.15) is 0 Å². The van der Waals surface area contributed by atoms with E-state index in [1.165, 1.54) is 0 Å². The zero-order valence-electron chi connectivity index (χ0n) is 10.1. The molecule has 16 heavy (non-hydrogen) atoms. The van der Waals surface area contributed by atoms with E-state index in [9.17, 15) is 15.3 Å². The number of hydrogen-bond acceptors (Lipinski definition) is 3. The number of hydrogen-bond donors (Lipinski definition) is 3. The van der Waals surface area contributed by atoms with Gasteiger partial charge in [-0.25, -0.2) is 0 Å². The van der Waals surface area contributed by atoms with Gasteiger partial charge >= 0.3 is 0 Å². The molecule has 0 aromatic carbocycles. The maximum absolute atomic E-state index is 10.5. The van der Waals surface area contributed by atoms with Crippen LogP contribution in [0.3, 0.4) is 0 Å². The summed E-state index contributed by atoms with van der Waals surface area (Å²) in [5.74, 6) is 0. The Hall–Kier alpha value is -0.640. The predicted octanol–water partition coefficient (Wildman–Crippen LogP) is 1.15. The zero-order chi connectivity index (χ0) is 12.1. The Morgan fingerprint density at radius 2 is 2.00 bits per heavy atom. The maximum Gasteiger partial charge on any atom is 0.108 e. The molecule has 1 fully saturated rings. The summed E-state index contributed by atoms with van der Waals surface area (Å²) in [4.78, 5) is 0. The third-order valence-electron chi connectivity index (χ3n) is 4.53. The summed E-state index contributed by atoms with van der Waals surface area (Å²) in [6.45, 7) is 5.41. The number of rotatable bonds is 1. The fourth-order valence-corrected chi connectivity index (χ4v) is 3.16. The molecule has 2 unspecified atom stereocenters. The molecule has 0 radical (unpaired) electrons. The van der Waals surface area contributed by atoms with E-state index in [2.05, 4.69) is 0 Å². The molecule has 2 rings (SSSR count). The summed E-state index contributed by atoms with van der Waals surface area (Å²) in [5.41, 5.74) is 1.09. The second-order valence-corrected chi connectivity index (χ2v) is 5.14. The minimum Gasteiger partial charge on any atom is -0.392 e. The standard InChI is InChI=1S/C13H20O3/c1-4-9-10(7-14)8(2)13(5-6-13)12(3,16)11(9)15/h4,11,14-16H,5-7H2,1-3H3/b9-4-. The third kappa shape index (κ3) is 1.19. The van der Waals surface area contributed by atoms with Crippen LogP contribution in [-0.4, -0.2) is 33.6 Å². The molecule has 1 saturated carbocycles. The van der Waals surface area contributed by atoms with Gasteiger partial charge in [0, 0.05) is 5.41 Å². The maximum atomic E-state index is 10.5. The second kappa shape index (κ2) is 3.42. The lowest BCUT2D eigenvalue weighted by Gasteiger charge is -2.44. The highest BCUT2D eigenvalue weighted by molar-refractivity contribution is 5.50. The number of allylic oxidation sites excluding steroid dienone is 1. The summed E-state index contributed by atoms with van der Waals surface area (Å²) < 4.78 is 0. The van der Waals surface area contributed by atoms with Crippen LogP contribution in [0.5, 0.6) is 0 Å². The Kier molecular flexibility index (Phi) is 2.53. The highest BCUT2D eigenvalue weighted by atomic mass is 16.3. The lowest BCUT2D eigenvalue weighted by atomic mass is 9.66. The van der Waals surface area contributed by atoms with Crippen molar-refractivity contribution in [2.24, 2.45) is 5.41 Å². The Labute approximate surface area is 96.1 Å². The summed E-state index contributed by atoms with van der Waals surface area (Å²) in [6, 6.07) is 0. The molecular formula is C13H20O3. The molecule has 2 aliphatic carbocycles. The topological polar surface area (TPSA) is 60.7 Å². The van der Waals surface area contributed by atoms with Gasteiger partial charge in [0.05, 0.1) is 6.61 Å². The van der Waals surface area contributed by atoms with Crippen molar-refractivity contribution in [3.8, 4) is 0 Å². The first-order valence-corrected chi connectivity index (χ1v) is 5.80.